The van der Waals surface area contributed by atoms with E-state index in [9.17, 15) is 0 Å². The summed E-state index contributed by atoms with van der Waals surface area (Å²) in [6.45, 7) is 8.12. The monoisotopic (exact) mass is 408 g/mol. The van der Waals surface area contributed by atoms with E-state index < -0.39 is 8.80 Å². The van der Waals surface area contributed by atoms with E-state index in [-0.39, 0.29) is 0 Å². The predicted molar refractivity (Wildman–Crippen MR) is 122 cm³/mol. The maximum absolute atomic E-state index is 5.92. The maximum Gasteiger partial charge on any atom is 0.500 e. The lowest BCUT2D eigenvalue weighted by Gasteiger charge is -2.28. The second-order valence-corrected chi connectivity index (χ2v) is 10.2. The number of hydrogen-bond acceptors (Lipinski definition) is 3. The molecule has 162 valence electrons. The first-order valence-corrected chi connectivity index (χ1v) is 13.6. The lowest BCUT2D eigenvalue weighted by Crippen LogP contribution is -2.45. The van der Waals surface area contributed by atoms with Crippen LogP contribution in [-0.2, 0) is 19.7 Å². The van der Waals surface area contributed by atoms with Crippen LogP contribution in [0, 0.1) is 0 Å². The fraction of sp³-hybridized carbons (Fsp3) is 0.750. The molecule has 0 aliphatic heterocycles. The van der Waals surface area contributed by atoms with E-state index in [0.29, 0.717) is 19.8 Å². The van der Waals surface area contributed by atoms with Crippen LogP contribution in [0.1, 0.15) is 90.5 Å². The number of rotatable bonds is 19. The Morgan fingerprint density at radius 3 is 1.46 bits per heavy atom. The van der Waals surface area contributed by atoms with Gasteiger partial charge in [0.05, 0.1) is 0 Å². The molecule has 4 heteroatoms. The molecule has 1 rings (SSSR count). The molecule has 0 heterocycles. The summed E-state index contributed by atoms with van der Waals surface area (Å²) in [7, 11) is -2.41. The van der Waals surface area contributed by atoms with Crippen LogP contribution >= 0.6 is 0 Å². The fourth-order valence-corrected chi connectivity index (χ4v) is 6.42. The highest BCUT2D eigenvalue weighted by atomic mass is 28.4. The van der Waals surface area contributed by atoms with Gasteiger partial charge in [-0.3, -0.25) is 0 Å². The van der Waals surface area contributed by atoms with Gasteiger partial charge in [0.1, 0.15) is 0 Å². The molecular formula is C24H44O3Si. The lowest BCUT2D eigenvalue weighted by molar-refractivity contribution is 0.0706. The number of benzene rings is 1. The minimum atomic E-state index is -2.41. The quantitative estimate of drug-likeness (QED) is 0.179. The van der Waals surface area contributed by atoms with E-state index in [4.69, 9.17) is 13.3 Å². The molecule has 0 aliphatic rings. The standard InChI is InChI=1S/C24H44O3Si/c1-4-25-28(26-5-2,27-6-3)23-19-14-12-10-8-7-9-11-13-16-20-24-21-17-15-18-22-24/h15,17-18,21-22H,4-14,16,19-20,23H2,1-3H3. The first kappa shape index (κ1) is 25.4. The first-order valence-electron chi connectivity index (χ1n) is 11.7. The van der Waals surface area contributed by atoms with Gasteiger partial charge < -0.3 is 13.3 Å². The highest BCUT2D eigenvalue weighted by molar-refractivity contribution is 6.60. The molecule has 0 fully saturated rings. The SMILES string of the molecule is CCO[Si](CCCCCCCCCCCCc1ccccc1)(OCC)OCC. The van der Waals surface area contributed by atoms with Crippen molar-refractivity contribution in [3.05, 3.63) is 35.9 Å². The van der Waals surface area contributed by atoms with Gasteiger partial charge in [0, 0.05) is 25.9 Å². The third-order valence-corrected chi connectivity index (χ3v) is 8.29. The van der Waals surface area contributed by atoms with Gasteiger partial charge in [-0.1, -0.05) is 81.7 Å². The summed E-state index contributed by atoms with van der Waals surface area (Å²) in [5, 5.41) is 0. The molecule has 3 nitrogen and oxygen atoms in total. The summed E-state index contributed by atoms with van der Waals surface area (Å²) in [6.07, 6.45) is 14.6. The van der Waals surface area contributed by atoms with Crippen molar-refractivity contribution in [1.29, 1.82) is 0 Å². The zero-order valence-electron chi connectivity index (χ0n) is 18.7. The molecule has 0 N–H and O–H groups in total. The topological polar surface area (TPSA) is 27.7 Å². The van der Waals surface area contributed by atoms with Crippen LogP contribution in [0.15, 0.2) is 30.3 Å². The molecule has 1 aromatic rings. The van der Waals surface area contributed by atoms with E-state index in [1.54, 1.807) is 0 Å². The van der Waals surface area contributed by atoms with Crippen LogP contribution in [-0.4, -0.2) is 28.6 Å². The smallest absolute Gasteiger partial charge is 0.374 e. The molecule has 0 saturated heterocycles. The van der Waals surface area contributed by atoms with Gasteiger partial charge in [-0.2, -0.15) is 0 Å². The summed E-state index contributed by atoms with van der Waals surface area (Å²) >= 11 is 0. The van der Waals surface area contributed by atoms with Crippen molar-refractivity contribution in [2.45, 2.75) is 97.4 Å². The van der Waals surface area contributed by atoms with E-state index >= 15 is 0 Å². The Labute approximate surface area is 175 Å². The second kappa shape index (κ2) is 17.2. The third kappa shape index (κ3) is 12.0. The summed E-state index contributed by atoms with van der Waals surface area (Å²) in [5.41, 5.74) is 1.48. The van der Waals surface area contributed by atoms with Gasteiger partial charge in [-0.25, -0.2) is 0 Å². The van der Waals surface area contributed by atoms with Crippen molar-refractivity contribution in [2.24, 2.45) is 0 Å². The lowest BCUT2D eigenvalue weighted by atomic mass is 10.0. The van der Waals surface area contributed by atoms with Gasteiger partial charge in [-0.05, 0) is 45.6 Å². The van der Waals surface area contributed by atoms with Crippen molar-refractivity contribution in [1.82, 2.24) is 0 Å². The van der Waals surface area contributed by atoms with Crippen LogP contribution in [0.25, 0.3) is 0 Å². The molecule has 0 aromatic heterocycles. The largest absolute Gasteiger partial charge is 0.500 e. The van der Waals surface area contributed by atoms with E-state index in [2.05, 4.69) is 30.3 Å². The normalized spacial score (nSPS) is 11.8. The van der Waals surface area contributed by atoms with Gasteiger partial charge >= 0.3 is 8.80 Å². The molecular weight excluding hydrogens is 364 g/mol. The van der Waals surface area contributed by atoms with Gasteiger partial charge in [0.2, 0.25) is 0 Å². The Balaban J connectivity index is 1.96. The molecule has 0 aliphatic carbocycles. The molecule has 0 unspecified atom stereocenters. The molecule has 0 radical (unpaired) electrons. The molecule has 0 spiro atoms. The predicted octanol–water partition coefficient (Wildman–Crippen LogP) is 7.18. The van der Waals surface area contributed by atoms with Crippen LogP contribution < -0.4 is 0 Å². The molecule has 28 heavy (non-hydrogen) atoms. The average Bonchev–Trinajstić information content (AvgIpc) is 2.70. The molecule has 0 saturated carbocycles. The van der Waals surface area contributed by atoms with Crippen LogP contribution in [0.4, 0.5) is 0 Å². The minimum Gasteiger partial charge on any atom is -0.374 e. The molecule has 0 atom stereocenters. The Morgan fingerprint density at radius 2 is 1.00 bits per heavy atom. The van der Waals surface area contributed by atoms with Crippen molar-refractivity contribution in [3.8, 4) is 0 Å². The Bertz CT molecular complexity index is 435. The van der Waals surface area contributed by atoms with Gasteiger partial charge in [-0.15, -0.1) is 0 Å². The zero-order chi connectivity index (χ0) is 20.3. The van der Waals surface area contributed by atoms with Crippen LogP contribution in [0.5, 0.6) is 0 Å². The highest BCUT2D eigenvalue weighted by Crippen LogP contribution is 2.21. The average molecular weight is 409 g/mol. The van der Waals surface area contributed by atoms with Crippen LogP contribution in [0.2, 0.25) is 6.04 Å². The van der Waals surface area contributed by atoms with E-state index in [1.807, 2.05) is 20.8 Å². The number of unbranched alkanes of at least 4 members (excludes halogenated alkanes) is 9. The summed E-state index contributed by atoms with van der Waals surface area (Å²) in [4.78, 5) is 0. The van der Waals surface area contributed by atoms with Crippen molar-refractivity contribution in [2.75, 3.05) is 19.8 Å². The summed E-state index contributed by atoms with van der Waals surface area (Å²) in [5.74, 6) is 0. The highest BCUT2D eigenvalue weighted by Gasteiger charge is 2.39. The molecule has 0 bridgehead atoms. The number of hydrogen-bond donors (Lipinski definition) is 0. The second-order valence-electron chi connectivity index (χ2n) is 7.50. The van der Waals surface area contributed by atoms with Crippen molar-refractivity contribution < 1.29 is 13.3 Å². The maximum atomic E-state index is 5.92. The summed E-state index contributed by atoms with van der Waals surface area (Å²) < 4.78 is 17.8. The van der Waals surface area contributed by atoms with Gasteiger partial charge in [0.15, 0.2) is 0 Å². The van der Waals surface area contributed by atoms with E-state index in [1.165, 1.54) is 69.8 Å². The van der Waals surface area contributed by atoms with Crippen molar-refractivity contribution >= 4 is 8.80 Å². The Hall–Kier alpha value is -0.683. The summed E-state index contributed by atoms with van der Waals surface area (Å²) in [6, 6.07) is 11.8. The number of aryl methyl sites for hydroxylation is 1. The fourth-order valence-electron chi connectivity index (χ4n) is 3.73. The molecule has 1 aromatic carbocycles. The van der Waals surface area contributed by atoms with Gasteiger partial charge in [0.25, 0.3) is 0 Å². The Kier molecular flexibility index (Phi) is 15.6. The zero-order valence-corrected chi connectivity index (χ0v) is 19.7. The first-order chi connectivity index (χ1) is 13.8. The van der Waals surface area contributed by atoms with E-state index in [0.717, 1.165) is 12.5 Å². The molecule has 0 amide bonds. The van der Waals surface area contributed by atoms with Crippen LogP contribution in [0.3, 0.4) is 0 Å². The van der Waals surface area contributed by atoms with Crippen molar-refractivity contribution in [3.63, 3.8) is 0 Å². The minimum absolute atomic E-state index is 0.678. The Morgan fingerprint density at radius 1 is 0.571 bits per heavy atom. The third-order valence-electron chi connectivity index (χ3n) is 5.13.